The lowest BCUT2D eigenvalue weighted by molar-refractivity contribution is 0.0948. The van der Waals surface area contributed by atoms with Crippen LogP contribution in [0.15, 0.2) is 36.5 Å². The predicted molar refractivity (Wildman–Crippen MR) is 122 cm³/mol. The van der Waals surface area contributed by atoms with Crippen LogP contribution in [-0.2, 0) is 0 Å². The first kappa shape index (κ1) is 22.7. The van der Waals surface area contributed by atoms with E-state index < -0.39 is 23.0 Å². The molecular weight excluding hydrogens is 450 g/mol. The van der Waals surface area contributed by atoms with Crippen LogP contribution in [0.3, 0.4) is 0 Å². The summed E-state index contributed by atoms with van der Waals surface area (Å²) in [6.07, 6.45) is 3.82. The molecule has 8 nitrogen and oxygen atoms in total. The molecule has 0 unspecified atom stereocenters. The molecule has 1 aliphatic heterocycles. The van der Waals surface area contributed by atoms with Crippen LogP contribution in [0.5, 0.6) is 0 Å². The fourth-order valence-corrected chi connectivity index (χ4v) is 4.36. The maximum absolute atomic E-state index is 14.0. The summed E-state index contributed by atoms with van der Waals surface area (Å²) in [5, 5.41) is 5.99. The topological polar surface area (TPSA) is 113 Å². The lowest BCUT2D eigenvalue weighted by Gasteiger charge is -2.14. The quantitative estimate of drug-likeness (QED) is 0.432. The molecule has 11 heteroatoms. The standard InChI is InChI=1S/C22H22F2N6O2S/c23-14-4-3-5-15(24)17(14)18(31)19-20(25)29-22(33-19)28-16-7-6-13(12-27-16)21(32)26-8-11-30-9-1-2-10-30/h3-7,12H,1-2,8-11,25H2,(H,26,32)(H,27,28,29). The van der Waals surface area contributed by atoms with E-state index in [2.05, 4.69) is 25.5 Å². The third kappa shape index (κ3) is 5.32. The van der Waals surface area contributed by atoms with Crippen LogP contribution in [0.4, 0.5) is 25.5 Å². The third-order valence-corrected chi connectivity index (χ3v) is 6.21. The molecule has 0 radical (unpaired) electrons. The second-order valence-corrected chi connectivity index (χ2v) is 8.52. The fraction of sp³-hybridized carbons (Fsp3) is 0.273. The third-order valence-electron chi connectivity index (χ3n) is 5.22. The molecule has 0 spiro atoms. The Labute approximate surface area is 192 Å². The van der Waals surface area contributed by atoms with E-state index in [-0.39, 0.29) is 21.7 Å². The fourth-order valence-electron chi connectivity index (χ4n) is 3.52. The number of rotatable bonds is 8. The minimum absolute atomic E-state index is 0.0875. The predicted octanol–water partition coefficient (Wildman–Crippen LogP) is 3.20. The minimum Gasteiger partial charge on any atom is -0.382 e. The average Bonchev–Trinajstić information content (AvgIpc) is 3.43. The molecule has 0 saturated carbocycles. The van der Waals surface area contributed by atoms with Gasteiger partial charge in [0.15, 0.2) is 5.13 Å². The molecule has 1 fully saturated rings. The molecule has 0 atom stereocenters. The highest BCUT2D eigenvalue weighted by molar-refractivity contribution is 7.18. The Morgan fingerprint density at radius 3 is 2.52 bits per heavy atom. The number of hydrogen-bond acceptors (Lipinski definition) is 8. The van der Waals surface area contributed by atoms with Gasteiger partial charge in [-0.05, 0) is 50.2 Å². The number of halogens is 2. The molecule has 0 aliphatic carbocycles. The monoisotopic (exact) mass is 472 g/mol. The maximum atomic E-state index is 14.0. The number of carbonyl (C=O) groups excluding carboxylic acids is 2. The zero-order valence-electron chi connectivity index (χ0n) is 17.6. The van der Waals surface area contributed by atoms with E-state index in [0.29, 0.717) is 17.9 Å². The second-order valence-electron chi connectivity index (χ2n) is 7.52. The van der Waals surface area contributed by atoms with Crippen molar-refractivity contribution in [1.82, 2.24) is 20.2 Å². The van der Waals surface area contributed by atoms with Crippen molar-refractivity contribution >= 4 is 39.8 Å². The van der Waals surface area contributed by atoms with Crippen molar-refractivity contribution < 1.29 is 18.4 Å². The summed E-state index contributed by atoms with van der Waals surface area (Å²) in [6.45, 7) is 3.53. The number of pyridine rings is 1. The lowest BCUT2D eigenvalue weighted by Crippen LogP contribution is -2.33. The van der Waals surface area contributed by atoms with Crippen molar-refractivity contribution in [3.05, 3.63) is 64.2 Å². The number of carbonyl (C=O) groups is 2. The zero-order valence-corrected chi connectivity index (χ0v) is 18.4. The van der Waals surface area contributed by atoms with Crippen LogP contribution in [0, 0.1) is 11.6 Å². The highest BCUT2D eigenvalue weighted by Crippen LogP contribution is 2.30. The van der Waals surface area contributed by atoms with Crippen LogP contribution in [0.2, 0.25) is 0 Å². The van der Waals surface area contributed by atoms with Gasteiger partial charge in [0.2, 0.25) is 5.78 Å². The smallest absolute Gasteiger partial charge is 0.252 e. The summed E-state index contributed by atoms with van der Waals surface area (Å²) in [5.41, 5.74) is 5.53. The summed E-state index contributed by atoms with van der Waals surface area (Å²) in [7, 11) is 0. The van der Waals surface area contributed by atoms with Gasteiger partial charge in [0, 0.05) is 19.3 Å². The Morgan fingerprint density at radius 2 is 1.85 bits per heavy atom. The van der Waals surface area contributed by atoms with Crippen LogP contribution in [0.25, 0.3) is 0 Å². The zero-order chi connectivity index (χ0) is 23.4. The molecule has 33 heavy (non-hydrogen) atoms. The van der Waals surface area contributed by atoms with Crippen molar-refractivity contribution in [1.29, 1.82) is 0 Å². The van der Waals surface area contributed by atoms with Gasteiger partial charge in [0.25, 0.3) is 5.91 Å². The number of nitrogens with zero attached hydrogens (tertiary/aromatic N) is 3. The van der Waals surface area contributed by atoms with Gasteiger partial charge < -0.3 is 21.3 Å². The van der Waals surface area contributed by atoms with Gasteiger partial charge in [-0.2, -0.15) is 0 Å². The van der Waals surface area contributed by atoms with E-state index in [1.54, 1.807) is 12.1 Å². The Bertz CT molecular complexity index is 1140. The highest BCUT2D eigenvalue weighted by atomic mass is 32.1. The molecule has 172 valence electrons. The minimum atomic E-state index is -0.974. The average molecular weight is 473 g/mol. The van der Waals surface area contributed by atoms with Gasteiger partial charge >= 0.3 is 0 Å². The lowest BCUT2D eigenvalue weighted by atomic mass is 10.1. The van der Waals surface area contributed by atoms with E-state index in [4.69, 9.17) is 5.73 Å². The number of benzene rings is 1. The molecule has 4 rings (SSSR count). The Morgan fingerprint density at radius 1 is 1.12 bits per heavy atom. The summed E-state index contributed by atoms with van der Waals surface area (Å²) in [5.74, 6) is -2.83. The van der Waals surface area contributed by atoms with Gasteiger partial charge in [0.1, 0.15) is 28.1 Å². The van der Waals surface area contributed by atoms with Gasteiger partial charge in [0.05, 0.1) is 11.1 Å². The maximum Gasteiger partial charge on any atom is 0.252 e. The van der Waals surface area contributed by atoms with Crippen LogP contribution in [0.1, 0.15) is 38.4 Å². The number of aromatic nitrogens is 2. The first-order chi connectivity index (χ1) is 15.9. The normalized spacial score (nSPS) is 13.8. The SMILES string of the molecule is Nc1nc(Nc2ccc(C(=O)NCCN3CCCC3)cn2)sc1C(=O)c1c(F)cccc1F. The number of nitrogens with two attached hydrogens (primary N) is 1. The van der Waals surface area contributed by atoms with Crippen LogP contribution >= 0.6 is 11.3 Å². The molecule has 1 saturated heterocycles. The summed E-state index contributed by atoms with van der Waals surface area (Å²) >= 11 is 0.854. The first-order valence-electron chi connectivity index (χ1n) is 10.4. The van der Waals surface area contributed by atoms with Gasteiger partial charge in [-0.1, -0.05) is 17.4 Å². The Hall–Kier alpha value is -3.44. The second kappa shape index (κ2) is 10.0. The van der Waals surface area contributed by atoms with E-state index in [1.165, 1.54) is 25.1 Å². The first-order valence-corrected chi connectivity index (χ1v) is 11.2. The molecule has 1 aliphatic rings. The van der Waals surface area contributed by atoms with E-state index in [9.17, 15) is 18.4 Å². The van der Waals surface area contributed by atoms with E-state index in [0.717, 1.165) is 43.1 Å². The molecule has 3 heterocycles. The molecule has 1 aromatic carbocycles. The largest absolute Gasteiger partial charge is 0.382 e. The molecular formula is C22H22F2N6O2S. The number of thiazole rings is 1. The van der Waals surface area contributed by atoms with Crippen molar-refractivity contribution in [2.24, 2.45) is 0 Å². The summed E-state index contributed by atoms with van der Waals surface area (Å²) in [4.78, 5) is 35.3. The summed E-state index contributed by atoms with van der Waals surface area (Å²) in [6, 6.07) is 6.37. The van der Waals surface area contributed by atoms with Crippen LogP contribution < -0.4 is 16.4 Å². The molecule has 0 bridgehead atoms. The van der Waals surface area contributed by atoms with Gasteiger partial charge in [-0.15, -0.1) is 0 Å². The highest BCUT2D eigenvalue weighted by Gasteiger charge is 2.24. The molecule has 3 aromatic rings. The number of likely N-dealkylation sites (tertiary alicyclic amines) is 1. The van der Waals surface area contributed by atoms with Crippen LogP contribution in [-0.4, -0.2) is 52.7 Å². The molecule has 1 amide bonds. The molecule has 2 aromatic heterocycles. The van der Waals surface area contributed by atoms with Crippen molar-refractivity contribution in [3.8, 4) is 0 Å². The number of amides is 1. The van der Waals surface area contributed by atoms with Gasteiger partial charge in [-0.3, -0.25) is 9.59 Å². The number of ketones is 1. The summed E-state index contributed by atoms with van der Waals surface area (Å²) < 4.78 is 27.9. The Kier molecular flexibility index (Phi) is 6.90. The van der Waals surface area contributed by atoms with E-state index in [1.807, 2.05) is 0 Å². The van der Waals surface area contributed by atoms with Gasteiger partial charge in [-0.25, -0.2) is 18.7 Å². The number of nitrogen functional groups attached to an aromatic ring is 1. The number of hydrogen-bond donors (Lipinski definition) is 3. The van der Waals surface area contributed by atoms with Crippen molar-refractivity contribution in [2.45, 2.75) is 12.8 Å². The Balaban J connectivity index is 1.38. The number of anilines is 3. The molecule has 4 N–H and O–H groups in total. The van der Waals surface area contributed by atoms with Crippen molar-refractivity contribution in [2.75, 3.05) is 37.2 Å². The number of nitrogens with one attached hydrogen (secondary N) is 2. The van der Waals surface area contributed by atoms with Crippen molar-refractivity contribution in [3.63, 3.8) is 0 Å². The van der Waals surface area contributed by atoms with E-state index >= 15 is 0 Å².